The summed E-state index contributed by atoms with van der Waals surface area (Å²) in [5, 5.41) is 0. The molecular formula is C22H26N2O2. The van der Waals surface area contributed by atoms with Crippen molar-refractivity contribution >= 4 is 11.8 Å². The molecule has 2 aromatic rings. The van der Waals surface area contributed by atoms with E-state index in [9.17, 15) is 9.59 Å². The fourth-order valence-electron chi connectivity index (χ4n) is 3.31. The lowest BCUT2D eigenvalue weighted by Crippen LogP contribution is -2.50. The smallest absolute Gasteiger partial charge is 0.254 e. The molecule has 3 rings (SSSR count). The summed E-state index contributed by atoms with van der Waals surface area (Å²) < 4.78 is 0. The molecule has 1 saturated heterocycles. The predicted molar refractivity (Wildman–Crippen MR) is 103 cm³/mol. The fraction of sp³-hybridized carbons (Fsp3) is 0.364. The maximum absolute atomic E-state index is 12.7. The summed E-state index contributed by atoms with van der Waals surface area (Å²) in [5.74, 6) is 0.239. The Hall–Kier alpha value is -2.62. The van der Waals surface area contributed by atoms with Crippen LogP contribution in [0.2, 0.25) is 0 Å². The highest BCUT2D eigenvalue weighted by Crippen LogP contribution is 2.14. The number of hydrogen-bond donors (Lipinski definition) is 0. The molecule has 0 saturated carbocycles. The van der Waals surface area contributed by atoms with E-state index >= 15 is 0 Å². The van der Waals surface area contributed by atoms with Crippen molar-refractivity contribution in [1.82, 2.24) is 9.80 Å². The number of rotatable bonds is 4. The van der Waals surface area contributed by atoms with Crippen molar-refractivity contribution in [3.05, 3.63) is 70.8 Å². The number of carbonyl (C=O) groups excluding carboxylic acids is 2. The van der Waals surface area contributed by atoms with E-state index in [0.717, 1.165) is 17.5 Å². The molecule has 0 radical (unpaired) electrons. The number of hydrogen-bond acceptors (Lipinski definition) is 2. The van der Waals surface area contributed by atoms with Gasteiger partial charge in [-0.25, -0.2) is 0 Å². The molecule has 0 bridgehead atoms. The van der Waals surface area contributed by atoms with Crippen LogP contribution in [0.5, 0.6) is 0 Å². The summed E-state index contributed by atoms with van der Waals surface area (Å²) in [6.07, 6.45) is 1.29. The first-order valence-corrected chi connectivity index (χ1v) is 9.23. The average Bonchev–Trinajstić information content (AvgIpc) is 2.67. The van der Waals surface area contributed by atoms with E-state index in [1.807, 2.05) is 41.0 Å². The Kier molecular flexibility index (Phi) is 5.71. The van der Waals surface area contributed by atoms with Crippen LogP contribution >= 0.6 is 0 Å². The van der Waals surface area contributed by atoms with Crippen molar-refractivity contribution in [3.63, 3.8) is 0 Å². The third-order valence-corrected chi connectivity index (χ3v) is 5.04. The molecule has 0 N–H and O–H groups in total. The molecule has 2 aromatic carbocycles. The lowest BCUT2D eigenvalue weighted by molar-refractivity contribution is -0.132. The van der Waals surface area contributed by atoms with Gasteiger partial charge in [-0.05, 0) is 37.5 Å². The summed E-state index contributed by atoms with van der Waals surface area (Å²) in [6.45, 7) is 6.45. The van der Waals surface area contributed by atoms with Gasteiger partial charge in [0.1, 0.15) is 0 Å². The van der Waals surface area contributed by atoms with E-state index in [4.69, 9.17) is 0 Å². The SMILES string of the molecule is Cc1ccc(CCC(=O)N2CCN(C(=O)c3ccccc3C)CC2)cc1. The molecule has 136 valence electrons. The molecular weight excluding hydrogens is 324 g/mol. The van der Waals surface area contributed by atoms with Gasteiger partial charge in [0.2, 0.25) is 5.91 Å². The third kappa shape index (κ3) is 4.31. The number of aryl methyl sites for hydroxylation is 3. The van der Waals surface area contributed by atoms with Gasteiger partial charge < -0.3 is 9.80 Å². The largest absolute Gasteiger partial charge is 0.339 e. The lowest BCUT2D eigenvalue weighted by atomic mass is 10.1. The summed E-state index contributed by atoms with van der Waals surface area (Å²) in [5.41, 5.74) is 4.17. The second kappa shape index (κ2) is 8.17. The Balaban J connectivity index is 1.50. The van der Waals surface area contributed by atoms with Gasteiger partial charge in [0.15, 0.2) is 0 Å². The van der Waals surface area contributed by atoms with Gasteiger partial charge in [-0.15, -0.1) is 0 Å². The van der Waals surface area contributed by atoms with E-state index in [-0.39, 0.29) is 11.8 Å². The fourth-order valence-corrected chi connectivity index (χ4v) is 3.31. The van der Waals surface area contributed by atoms with Gasteiger partial charge in [0.25, 0.3) is 5.91 Å². The standard InChI is InChI=1S/C22H26N2O2/c1-17-7-9-19(10-8-17)11-12-21(25)23-13-15-24(16-14-23)22(26)20-6-4-3-5-18(20)2/h3-10H,11-16H2,1-2H3. The Morgan fingerprint density at radius 3 is 2.12 bits per heavy atom. The van der Waals surface area contributed by atoms with Crippen molar-refractivity contribution in [2.45, 2.75) is 26.7 Å². The Morgan fingerprint density at radius 1 is 0.846 bits per heavy atom. The second-order valence-corrected chi connectivity index (χ2v) is 6.97. The third-order valence-electron chi connectivity index (χ3n) is 5.04. The first kappa shape index (κ1) is 18.2. The molecule has 1 aliphatic heterocycles. The minimum atomic E-state index is 0.0647. The summed E-state index contributed by atoms with van der Waals surface area (Å²) in [4.78, 5) is 28.9. The number of amides is 2. The zero-order valence-electron chi connectivity index (χ0n) is 15.6. The number of nitrogens with zero attached hydrogens (tertiary/aromatic N) is 2. The molecule has 1 fully saturated rings. The van der Waals surface area contributed by atoms with Crippen molar-refractivity contribution < 1.29 is 9.59 Å². The minimum Gasteiger partial charge on any atom is -0.339 e. The topological polar surface area (TPSA) is 40.6 Å². The molecule has 0 aliphatic carbocycles. The van der Waals surface area contributed by atoms with Crippen LogP contribution in [0.15, 0.2) is 48.5 Å². The molecule has 4 nitrogen and oxygen atoms in total. The van der Waals surface area contributed by atoms with Crippen LogP contribution in [0.4, 0.5) is 0 Å². The van der Waals surface area contributed by atoms with Gasteiger partial charge in [0, 0.05) is 38.2 Å². The highest BCUT2D eigenvalue weighted by Gasteiger charge is 2.25. The normalized spacial score (nSPS) is 14.4. The van der Waals surface area contributed by atoms with Gasteiger partial charge in [-0.3, -0.25) is 9.59 Å². The summed E-state index contributed by atoms with van der Waals surface area (Å²) >= 11 is 0. The highest BCUT2D eigenvalue weighted by molar-refractivity contribution is 5.95. The van der Waals surface area contributed by atoms with Crippen LogP contribution in [0.3, 0.4) is 0 Å². The molecule has 0 aromatic heterocycles. The monoisotopic (exact) mass is 350 g/mol. The molecule has 1 aliphatic rings. The van der Waals surface area contributed by atoms with E-state index in [0.29, 0.717) is 32.6 Å². The van der Waals surface area contributed by atoms with E-state index in [1.165, 1.54) is 11.1 Å². The molecule has 0 spiro atoms. The van der Waals surface area contributed by atoms with Crippen molar-refractivity contribution in [3.8, 4) is 0 Å². The first-order chi connectivity index (χ1) is 12.5. The average molecular weight is 350 g/mol. The van der Waals surface area contributed by atoms with E-state index in [2.05, 4.69) is 31.2 Å². The van der Waals surface area contributed by atoms with Gasteiger partial charge in [-0.1, -0.05) is 48.0 Å². The van der Waals surface area contributed by atoms with Crippen molar-refractivity contribution in [2.24, 2.45) is 0 Å². The molecule has 2 amide bonds. The van der Waals surface area contributed by atoms with Gasteiger partial charge in [0.05, 0.1) is 0 Å². The number of benzene rings is 2. The summed E-state index contributed by atoms with van der Waals surface area (Å²) in [6, 6.07) is 16.0. The maximum atomic E-state index is 12.7. The van der Waals surface area contributed by atoms with Gasteiger partial charge >= 0.3 is 0 Å². The lowest BCUT2D eigenvalue weighted by Gasteiger charge is -2.35. The van der Waals surface area contributed by atoms with Crippen LogP contribution in [-0.2, 0) is 11.2 Å². The zero-order chi connectivity index (χ0) is 18.5. The molecule has 0 atom stereocenters. The number of piperazine rings is 1. The van der Waals surface area contributed by atoms with Crippen LogP contribution in [0, 0.1) is 13.8 Å². The van der Waals surface area contributed by atoms with Crippen LogP contribution in [0.1, 0.15) is 33.5 Å². The molecule has 0 unspecified atom stereocenters. The van der Waals surface area contributed by atoms with Gasteiger partial charge in [-0.2, -0.15) is 0 Å². The Labute approximate surface area is 155 Å². The Bertz CT molecular complexity index is 775. The predicted octanol–water partition coefficient (Wildman–Crippen LogP) is 3.22. The first-order valence-electron chi connectivity index (χ1n) is 9.23. The Morgan fingerprint density at radius 2 is 1.46 bits per heavy atom. The van der Waals surface area contributed by atoms with Crippen LogP contribution < -0.4 is 0 Å². The van der Waals surface area contributed by atoms with Crippen molar-refractivity contribution in [2.75, 3.05) is 26.2 Å². The summed E-state index contributed by atoms with van der Waals surface area (Å²) in [7, 11) is 0. The van der Waals surface area contributed by atoms with Crippen LogP contribution in [0.25, 0.3) is 0 Å². The van der Waals surface area contributed by atoms with E-state index in [1.54, 1.807) is 0 Å². The minimum absolute atomic E-state index is 0.0647. The zero-order valence-corrected chi connectivity index (χ0v) is 15.6. The second-order valence-electron chi connectivity index (χ2n) is 6.97. The van der Waals surface area contributed by atoms with E-state index < -0.39 is 0 Å². The van der Waals surface area contributed by atoms with Crippen LogP contribution in [-0.4, -0.2) is 47.8 Å². The number of carbonyl (C=O) groups is 2. The maximum Gasteiger partial charge on any atom is 0.254 e. The molecule has 1 heterocycles. The molecule has 4 heteroatoms. The highest BCUT2D eigenvalue weighted by atomic mass is 16.2. The molecule has 26 heavy (non-hydrogen) atoms. The quantitative estimate of drug-likeness (QED) is 0.849. The van der Waals surface area contributed by atoms with Crippen molar-refractivity contribution in [1.29, 1.82) is 0 Å².